The fourth-order valence-electron chi connectivity index (χ4n) is 4.63. The fraction of sp³-hybridized carbons (Fsp3) is 0.455. The smallest absolute Gasteiger partial charge is 0.168 e. The number of hydrogen-bond acceptors (Lipinski definition) is 5. The molecule has 5 heteroatoms. The summed E-state index contributed by atoms with van der Waals surface area (Å²) in [4.78, 5) is 2.54. The Balaban J connectivity index is 1.96. The highest BCUT2D eigenvalue weighted by Crippen LogP contribution is 2.53. The van der Waals surface area contributed by atoms with E-state index in [1.807, 2.05) is 12.1 Å². The van der Waals surface area contributed by atoms with Crippen LogP contribution in [0, 0.1) is 0 Å². The van der Waals surface area contributed by atoms with Crippen LogP contribution in [0.1, 0.15) is 42.5 Å². The Morgan fingerprint density at radius 1 is 1.07 bits per heavy atom. The summed E-state index contributed by atoms with van der Waals surface area (Å²) in [6.45, 7) is 4.26. The third-order valence-electron chi connectivity index (χ3n) is 5.92. The molecule has 2 aromatic rings. The van der Waals surface area contributed by atoms with Crippen molar-refractivity contribution in [3.8, 4) is 34.1 Å². The Kier molecular flexibility index (Phi) is 4.64. The first-order valence-electron chi connectivity index (χ1n) is 9.66. The summed E-state index contributed by atoms with van der Waals surface area (Å²) < 4.78 is 11.0. The molecule has 0 amide bonds. The van der Waals surface area contributed by atoms with Crippen molar-refractivity contribution >= 4 is 0 Å². The summed E-state index contributed by atoms with van der Waals surface area (Å²) in [6, 6.07) is 5.77. The van der Waals surface area contributed by atoms with Crippen molar-refractivity contribution in [1.29, 1.82) is 0 Å². The van der Waals surface area contributed by atoms with Crippen molar-refractivity contribution in [2.24, 2.45) is 0 Å². The number of fused-ring (bicyclic) bond motifs is 2. The Labute approximate surface area is 160 Å². The molecule has 0 bridgehead atoms. The number of nitrogens with zero attached hydrogens (tertiary/aromatic N) is 1. The molecule has 2 aliphatic rings. The van der Waals surface area contributed by atoms with Gasteiger partial charge in [0.1, 0.15) is 0 Å². The zero-order valence-corrected chi connectivity index (χ0v) is 16.2. The van der Waals surface area contributed by atoms with Gasteiger partial charge in [-0.3, -0.25) is 4.90 Å². The second-order valence-electron chi connectivity index (χ2n) is 7.42. The van der Waals surface area contributed by atoms with E-state index in [2.05, 4.69) is 11.8 Å². The van der Waals surface area contributed by atoms with Gasteiger partial charge >= 0.3 is 0 Å². The third-order valence-corrected chi connectivity index (χ3v) is 5.92. The zero-order valence-electron chi connectivity index (χ0n) is 16.2. The predicted octanol–water partition coefficient (Wildman–Crippen LogP) is 4.04. The molecule has 1 aliphatic carbocycles. The lowest BCUT2D eigenvalue weighted by Crippen LogP contribution is -2.39. The number of benzene rings is 2. The van der Waals surface area contributed by atoms with Gasteiger partial charge in [0.05, 0.1) is 14.2 Å². The number of phenols is 2. The van der Waals surface area contributed by atoms with Crippen molar-refractivity contribution < 1.29 is 19.7 Å². The van der Waals surface area contributed by atoms with Crippen LogP contribution in [-0.4, -0.2) is 42.4 Å². The Hall–Kier alpha value is -2.40. The molecule has 5 nitrogen and oxygen atoms in total. The standard InChI is InChI=1S/C22H27NO4/c1-4-5-7-23-8-6-13-10-18(25)22(27-3)21-15-12-19(26-2)17(24)11-14(15)9-16(23)20(13)21/h10-12,16,24-25H,4-9H2,1-3H3. The highest BCUT2D eigenvalue weighted by atomic mass is 16.5. The van der Waals surface area contributed by atoms with Crippen LogP contribution in [0.15, 0.2) is 18.2 Å². The maximum absolute atomic E-state index is 10.6. The van der Waals surface area contributed by atoms with Crippen molar-refractivity contribution in [2.45, 2.75) is 38.6 Å². The molecule has 1 atom stereocenters. The summed E-state index contributed by atoms with van der Waals surface area (Å²) >= 11 is 0. The number of hydrogen-bond donors (Lipinski definition) is 2. The van der Waals surface area contributed by atoms with Crippen LogP contribution in [0.5, 0.6) is 23.0 Å². The van der Waals surface area contributed by atoms with Crippen molar-refractivity contribution in [1.82, 2.24) is 4.90 Å². The quantitative estimate of drug-likeness (QED) is 0.833. The number of methoxy groups -OCH3 is 2. The molecular formula is C22H27NO4. The molecular weight excluding hydrogens is 342 g/mol. The molecule has 0 fully saturated rings. The molecule has 4 rings (SSSR count). The fourth-order valence-corrected chi connectivity index (χ4v) is 4.63. The second-order valence-corrected chi connectivity index (χ2v) is 7.42. The van der Waals surface area contributed by atoms with Gasteiger partial charge in [-0.2, -0.15) is 0 Å². The van der Waals surface area contributed by atoms with E-state index in [4.69, 9.17) is 9.47 Å². The Morgan fingerprint density at radius 2 is 1.85 bits per heavy atom. The van der Waals surface area contributed by atoms with Crippen LogP contribution in [0.2, 0.25) is 0 Å². The van der Waals surface area contributed by atoms with Crippen molar-refractivity contribution in [2.75, 3.05) is 27.3 Å². The summed E-state index contributed by atoms with van der Waals surface area (Å²) in [5.74, 6) is 1.26. The van der Waals surface area contributed by atoms with Crippen LogP contribution < -0.4 is 9.47 Å². The van der Waals surface area contributed by atoms with Crippen LogP contribution >= 0.6 is 0 Å². The molecule has 27 heavy (non-hydrogen) atoms. The van der Waals surface area contributed by atoms with E-state index in [1.54, 1.807) is 20.3 Å². The minimum absolute atomic E-state index is 0.148. The lowest BCUT2D eigenvalue weighted by Gasteiger charge is -2.42. The van der Waals surface area contributed by atoms with E-state index in [1.165, 1.54) is 11.1 Å². The van der Waals surface area contributed by atoms with Crippen LogP contribution in [0.4, 0.5) is 0 Å². The van der Waals surface area contributed by atoms with Gasteiger partial charge in [-0.1, -0.05) is 13.3 Å². The van der Waals surface area contributed by atoms with Crippen molar-refractivity contribution in [3.05, 3.63) is 34.9 Å². The van der Waals surface area contributed by atoms with E-state index >= 15 is 0 Å². The first kappa shape index (κ1) is 18.0. The summed E-state index contributed by atoms with van der Waals surface area (Å²) in [7, 11) is 3.14. The summed E-state index contributed by atoms with van der Waals surface area (Å²) in [6.07, 6.45) is 4.09. The topological polar surface area (TPSA) is 62.2 Å². The molecule has 0 spiro atoms. The molecule has 2 aromatic carbocycles. The number of aromatic hydroxyl groups is 2. The lowest BCUT2D eigenvalue weighted by atomic mass is 9.76. The van der Waals surface area contributed by atoms with E-state index in [0.717, 1.165) is 55.5 Å². The predicted molar refractivity (Wildman–Crippen MR) is 105 cm³/mol. The highest BCUT2D eigenvalue weighted by Gasteiger charge is 2.37. The monoisotopic (exact) mass is 369 g/mol. The average molecular weight is 369 g/mol. The van der Waals surface area contributed by atoms with E-state index < -0.39 is 0 Å². The molecule has 1 heterocycles. The third kappa shape index (κ3) is 2.81. The van der Waals surface area contributed by atoms with Gasteiger partial charge in [-0.15, -0.1) is 0 Å². The van der Waals surface area contributed by atoms with E-state index in [0.29, 0.717) is 11.5 Å². The number of ether oxygens (including phenoxy) is 2. The normalized spacial score (nSPS) is 18.0. The molecule has 0 saturated heterocycles. The molecule has 0 saturated carbocycles. The van der Waals surface area contributed by atoms with E-state index in [-0.39, 0.29) is 17.5 Å². The Bertz CT molecular complexity index is 877. The number of rotatable bonds is 5. The van der Waals surface area contributed by atoms with Crippen LogP contribution in [-0.2, 0) is 12.8 Å². The SMILES string of the molecule is CCCCN1CCc2cc(O)c(OC)c3c2C1Cc1cc(O)c(OC)cc1-3. The minimum Gasteiger partial charge on any atom is -0.504 e. The zero-order chi connectivity index (χ0) is 19.1. The summed E-state index contributed by atoms with van der Waals surface area (Å²) in [5, 5.41) is 20.9. The van der Waals surface area contributed by atoms with Gasteiger partial charge in [-0.25, -0.2) is 0 Å². The van der Waals surface area contributed by atoms with E-state index in [9.17, 15) is 10.2 Å². The summed E-state index contributed by atoms with van der Waals surface area (Å²) in [5.41, 5.74) is 5.43. The van der Waals surface area contributed by atoms with Gasteiger partial charge in [0.2, 0.25) is 0 Å². The molecule has 0 aromatic heterocycles. The maximum atomic E-state index is 10.6. The van der Waals surface area contributed by atoms with Gasteiger partial charge in [-0.05, 0) is 66.3 Å². The minimum atomic E-state index is 0.148. The molecule has 144 valence electrons. The first-order chi connectivity index (χ1) is 13.1. The molecule has 2 N–H and O–H groups in total. The Morgan fingerprint density at radius 3 is 2.56 bits per heavy atom. The first-order valence-corrected chi connectivity index (χ1v) is 9.66. The van der Waals surface area contributed by atoms with Crippen LogP contribution in [0.3, 0.4) is 0 Å². The molecule has 0 radical (unpaired) electrons. The number of unbranched alkanes of at least 4 members (excludes halogenated alkanes) is 1. The molecule has 1 unspecified atom stereocenters. The van der Waals surface area contributed by atoms with Gasteiger partial charge in [0.15, 0.2) is 23.0 Å². The maximum Gasteiger partial charge on any atom is 0.168 e. The average Bonchev–Trinajstić information content (AvgIpc) is 2.66. The van der Waals surface area contributed by atoms with Gasteiger partial charge in [0.25, 0.3) is 0 Å². The highest BCUT2D eigenvalue weighted by molar-refractivity contribution is 5.84. The number of phenolic OH excluding ortho intramolecular Hbond substituents is 2. The van der Waals surface area contributed by atoms with Crippen LogP contribution in [0.25, 0.3) is 11.1 Å². The van der Waals surface area contributed by atoms with Gasteiger partial charge in [0, 0.05) is 18.2 Å². The van der Waals surface area contributed by atoms with Gasteiger partial charge < -0.3 is 19.7 Å². The largest absolute Gasteiger partial charge is 0.504 e. The van der Waals surface area contributed by atoms with Crippen molar-refractivity contribution in [3.63, 3.8) is 0 Å². The second kappa shape index (κ2) is 6.97. The lowest BCUT2D eigenvalue weighted by molar-refractivity contribution is 0.179. The molecule has 1 aliphatic heterocycles.